The minimum absolute atomic E-state index is 0.122. The number of aliphatic hydroxyl groups is 1. The molecule has 0 amide bonds. The van der Waals surface area contributed by atoms with Crippen molar-refractivity contribution >= 4 is 21.6 Å². The Morgan fingerprint density at radius 1 is 1.12 bits per heavy atom. The molecule has 17 heavy (non-hydrogen) atoms. The molecule has 0 fully saturated rings. The lowest BCUT2D eigenvalue weighted by molar-refractivity contribution is 0.220. The number of halogens is 1. The lowest BCUT2D eigenvalue weighted by Crippen LogP contribution is -2.03. The van der Waals surface area contributed by atoms with Crippen molar-refractivity contribution in [2.24, 2.45) is 0 Å². The summed E-state index contributed by atoms with van der Waals surface area (Å²) in [7, 11) is 0. The highest BCUT2D eigenvalue weighted by Crippen LogP contribution is 2.30. The Hall–Kier alpha value is -1.52. The van der Waals surface area contributed by atoms with E-state index in [0.717, 1.165) is 4.47 Å². The summed E-state index contributed by atoms with van der Waals surface area (Å²) in [6.45, 7) is 0. The van der Waals surface area contributed by atoms with Crippen LogP contribution in [0.3, 0.4) is 0 Å². The highest BCUT2D eigenvalue weighted by molar-refractivity contribution is 9.10. The maximum atomic E-state index is 10.2. The van der Waals surface area contributed by atoms with E-state index in [1.54, 1.807) is 30.3 Å². The molecule has 0 aliphatic carbocycles. The van der Waals surface area contributed by atoms with E-state index in [1.807, 2.05) is 6.07 Å². The van der Waals surface area contributed by atoms with Gasteiger partial charge < -0.3 is 15.9 Å². The Morgan fingerprint density at radius 2 is 1.88 bits per heavy atom. The molecule has 4 N–H and O–H groups in total. The fourth-order valence-corrected chi connectivity index (χ4v) is 2.05. The van der Waals surface area contributed by atoms with Crippen LogP contribution in [0.1, 0.15) is 17.2 Å². The van der Waals surface area contributed by atoms with Gasteiger partial charge in [0.15, 0.2) is 0 Å². The predicted molar refractivity (Wildman–Crippen MR) is 70.7 cm³/mol. The third-order valence-electron chi connectivity index (χ3n) is 2.53. The van der Waals surface area contributed by atoms with Crippen molar-refractivity contribution in [3.05, 3.63) is 58.1 Å². The van der Waals surface area contributed by atoms with Crippen LogP contribution in [0.5, 0.6) is 5.75 Å². The molecule has 0 aliphatic rings. The first-order chi connectivity index (χ1) is 8.08. The Morgan fingerprint density at radius 3 is 2.53 bits per heavy atom. The SMILES string of the molecule is Nc1cc(Br)ccc1C(O)c1cccc(O)c1. The number of hydrogen-bond donors (Lipinski definition) is 3. The molecule has 0 aromatic heterocycles. The second kappa shape index (κ2) is 4.77. The van der Waals surface area contributed by atoms with Gasteiger partial charge in [0.2, 0.25) is 0 Å². The monoisotopic (exact) mass is 293 g/mol. The third kappa shape index (κ3) is 2.60. The van der Waals surface area contributed by atoms with Crippen LogP contribution >= 0.6 is 15.9 Å². The number of aliphatic hydroxyl groups excluding tert-OH is 1. The Bertz CT molecular complexity index is 543. The highest BCUT2D eigenvalue weighted by Gasteiger charge is 2.13. The first-order valence-corrected chi connectivity index (χ1v) is 5.89. The highest BCUT2D eigenvalue weighted by atomic mass is 79.9. The van der Waals surface area contributed by atoms with Gasteiger partial charge in [-0.1, -0.05) is 34.1 Å². The van der Waals surface area contributed by atoms with E-state index < -0.39 is 6.10 Å². The Kier molecular flexibility index (Phi) is 3.36. The van der Waals surface area contributed by atoms with Gasteiger partial charge in [-0.05, 0) is 29.8 Å². The average molecular weight is 294 g/mol. The van der Waals surface area contributed by atoms with Crippen LogP contribution in [-0.4, -0.2) is 10.2 Å². The number of nitrogen functional groups attached to an aromatic ring is 1. The maximum Gasteiger partial charge on any atom is 0.115 e. The van der Waals surface area contributed by atoms with Crippen LogP contribution in [0.25, 0.3) is 0 Å². The fraction of sp³-hybridized carbons (Fsp3) is 0.0769. The van der Waals surface area contributed by atoms with Crippen LogP contribution in [0, 0.1) is 0 Å². The molecule has 4 heteroatoms. The fourth-order valence-electron chi connectivity index (χ4n) is 1.67. The van der Waals surface area contributed by atoms with Gasteiger partial charge in [-0.2, -0.15) is 0 Å². The third-order valence-corrected chi connectivity index (χ3v) is 3.02. The summed E-state index contributed by atoms with van der Waals surface area (Å²) >= 11 is 3.31. The normalized spacial score (nSPS) is 12.4. The molecule has 3 nitrogen and oxygen atoms in total. The summed E-state index contributed by atoms with van der Waals surface area (Å²) in [5, 5.41) is 19.6. The Balaban J connectivity index is 2.40. The molecule has 0 saturated heterocycles. The molecular weight excluding hydrogens is 282 g/mol. The number of nitrogens with two attached hydrogens (primary N) is 1. The second-order valence-corrected chi connectivity index (χ2v) is 4.69. The van der Waals surface area contributed by atoms with Gasteiger partial charge in [0.05, 0.1) is 0 Å². The molecule has 0 bridgehead atoms. The van der Waals surface area contributed by atoms with Crippen LogP contribution in [0.2, 0.25) is 0 Å². The minimum atomic E-state index is -0.838. The standard InChI is InChI=1S/C13H12BrNO2/c14-9-4-5-11(12(15)7-9)13(17)8-2-1-3-10(16)6-8/h1-7,13,16-17H,15H2. The average Bonchev–Trinajstić information content (AvgIpc) is 2.28. The van der Waals surface area contributed by atoms with E-state index >= 15 is 0 Å². The van der Waals surface area contributed by atoms with Gasteiger partial charge in [-0.15, -0.1) is 0 Å². The molecule has 2 aromatic carbocycles. The minimum Gasteiger partial charge on any atom is -0.508 e. The van der Waals surface area contributed by atoms with Crippen LogP contribution < -0.4 is 5.73 Å². The van der Waals surface area contributed by atoms with Crippen LogP contribution in [-0.2, 0) is 0 Å². The zero-order valence-corrected chi connectivity index (χ0v) is 10.6. The molecule has 1 atom stereocenters. The van der Waals surface area contributed by atoms with Crippen molar-refractivity contribution in [3.63, 3.8) is 0 Å². The summed E-state index contributed by atoms with van der Waals surface area (Å²) in [5.74, 6) is 0.122. The lowest BCUT2D eigenvalue weighted by atomic mass is 10.00. The van der Waals surface area contributed by atoms with E-state index in [-0.39, 0.29) is 5.75 Å². The van der Waals surface area contributed by atoms with Crippen molar-refractivity contribution in [2.45, 2.75) is 6.10 Å². The summed E-state index contributed by atoms with van der Waals surface area (Å²) in [6.07, 6.45) is -0.838. The molecular formula is C13H12BrNO2. The Labute approximate surface area is 108 Å². The number of phenols is 1. The molecule has 0 spiro atoms. The van der Waals surface area contributed by atoms with Gasteiger partial charge in [0, 0.05) is 15.7 Å². The van der Waals surface area contributed by atoms with Gasteiger partial charge >= 0.3 is 0 Å². The number of rotatable bonds is 2. The van der Waals surface area contributed by atoms with E-state index in [0.29, 0.717) is 16.8 Å². The molecule has 0 heterocycles. The molecule has 0 saturated carbocycles. The van der Waals surface area contributed by atoms with Gasteiger partial charge in [0.25, 0.3) is 0 Å². The van der Waals surface area contributed by atoms with E-state index in [9.17, 15) is 10.2 Å². The summed E-state index contributed by atoms with van der Waals surface area (Å²) in [5.41, 5.74) is 7.59. The van der Waals surface area contributed by atoms with Crippen LogP contribution in [0.4, 0.5) is 5.69 Å². The zero-order chi connectivity index (χ0) is 12.4. The summed E-state index contributed by atoms with van der Waals surface area (Å²) in [4.78, 5) is 0. The molecule has 2 rings (SSSR count). The molecule has 0 radical (unpaired) electrons. The van der Waals surface area contributed by atoms with E-state index in [1.165, 1.54) is 6.07 Å². The predicted octanol–water partition coefficient (Wildman–Crippen LogP) is 2.82. The van der Waals surface area contributed by atoms with E-state index in [4.69, 9.17) is 5.73 Å². The summed E-state index contributed by atoms with van der Waals surface area (Å²) in [6, 6.07) is 11.8. The largest absolute Gasteiger partial charge is 0.508 e. The number of benzene rings is 2. The summed E-state index contributed by atoms with van der Waals surface area (Å²) < 4.78 is 0.863. The first kappa shape index (κ1) is 12.0. The smallest absolute Gasteiger partial charge is 0.115 e. The number of phenolic OH excluding ortho intramolecular Hbond substituents is 1. The molecule has 88 valence electrons. The van der Waals surface area contributed by atoms with Gasteiger partial charge in [-0.25, -0.2) is 0 Å². The second-order valence-electron chi connectivity index (χ2n) is 3.77. The van der Waals surface area contributed by atoms with Crippen molar-refractivity contribution in [2.75, 3.05) is 5.73 Å². The first-order valence-electron chi connectivity index (χ1n) is 5.10. The van der Waals surface area contributed by atoms with Crippen molar-refractivity contribution in [1.29, 1.82) is 0 Å². The zero-order valence-electron chi connectivity index (χ0n) is 8.97. The molecule has 1 unspecified atom stereocenters. The quantitative estimate of drug-likeness (QED) is 0.746. The van der Waals surface area contributed by atoms with E-state index in [2.05, 4.69) is 15.9 Å². The lowest BCUT2D eigenvalue weighted by Gasteiger charge is -2.14. The van der Waals surface area contributed by atoms with Crippen LogP contribution in [0.15, 0.2) is 46.9 Å². The van der Waals surface area contributed by atoms with Crippen molar-refractivity contribution in [1.82, 2.24) is 0 Å². The molecule has 0 aliphatic heterocycles. The van der Waals surface area contributed by atoms with Gasteiger partial charge in [-0.3, -0.25) is 0 Å². The number of anilines is 1. The van der Waals surface area contributed by atoms with Crippen molar-refractivity contribution in [3.8, 4) is 5.75 Å². The maximum absolute atomic E-state index is 10.2. The van der Waals surface area contributed by atoms with Crippen molar-refractivity contribution < 1.29 is 10.2 Å². The number of hydrogen-bond acceptors (Lipinski definition) is 3. The van der Waals surface area contributed by atoms with Gasteiger partial charge in [0.1, 0.15) is 11.9 Å². The number of aromatic hydroxyl groups is 1. The topological polar surface area (TPSA) is 66.5 Å². The molecule has 2 aromatic rings.